The molecule has 0 fully saturated rings. The van der Waals surface area contributed by atoms with Gasteiger partial charge in [-0.15, -0.1) is 0 Å². The molecule has 2 aromatic heterocycles. The summed E-state index contributed by atoms with van der Waals surface area (Å²) in [5, 5.41) is 14.0. The first kappa shape index (κ1) is 17.5. The zero-order valence-electron chi connectivity index (χ0n) is 15.1. The normalized spacial score (nSPS) is 10.9. The predicted octanol–water partition coefficient (Wildman–Crippen LogP) is 2.70. The summed E-state index contributed by atoms with van der Waals surface area (Å²) in [6.07, 6.45) is 0. The van der Waals surface area contributed by atoms with E-state index < -0.39 is 5.97 Å². The monoisotopic (exact) mass is 376 g/mol. The van der Waals surface area contributed by atoms with Crippen molar-refractivity contribution in [3.63, 3.8) is 0 Å². The van der Waals surface area contributed by atoms with Crippen molar-refractivity contribution in [2.45, 2.75) is 0 Å². The Morgan fingerprint density at radius 1 is 1.18 bits per heavy atom. The highest BCUT2D eigenvalue weighted by Crippen LogP contribution is 2.30. The van der Waals surface area contributed by atoms with Gasteiger partial charge in [0, 0.05) is 12.6 Å². The van der Waals surface area contributed by atoms with Gasteiger partial charge in [-0.1, -0.05) is 30.3 Å². The van der Waals surface area contributed by atoms with Crippen LogP contribution in [0.1, 0.15) is 10.4 Å². The largest absolute Gasteiger partial charge is 0.496 e. The van der Waals surface area contributed by atoms with E-state index in [-0.39, 0.29) is 16.9 Å². The first-order valence-corrected chi connectivity index (χ1v) is 8.43. The number of aromatic carboxylic acids is 1. The van der Waals surface area contributed by atoms with Gasteiger partial charge in [0.15, 0.2) is 5.65 Å². The first-order chi connectivity index (χ1) is 13.5. The van der Waals surface area contributed by atoms with E-state index in [1.165, 1.54) is 19.2 Å². The van der Waals surface area contributed by atoms with Crippen LogP contribution in [-0.2, 0) is 7.05 Å². The third-order valence-electron chi connectivity index (χ3n) is 4.44. The lowest BCUT2D eigenvalue weighted by Gasteiger charge is -2.09. The highest BCUT2D eigenvalue weighted by molar-refractivity contribution is 5.92. The van der Waals surface area contributed by atoms with Gasteiger partial charge in [-0.25, -0.2) is 14.5 Å². The number of aromatic nitrogens is 4. The van der Waals surface area contributed by atoms with Crippen molar-refractivity contribution in [3.05, 3.63) is 64.4 Å². The minimum absolute atomic E-state index is 0.0796. The number of methoxy groups -OCH3 is 1. The van der Waals surface area contributed by atoms with E-state index in [0.29, 0.717) is 28.0 Å². The number of aryl methyl sites for hydroxylation is 1. The van der Waals surface area contributed by atoms with Gasteiger partial charge in [0.1, 0.15) is 22.7 Å². The fourth-order valence-electron chi connectivity index (χ4n) is 3.10. The number of fused-ring (bicyclic) bond motifs is 1. The van der Waals surface area contributed by atoms with Crippen molar-refractivity contribution in [3.8, 4) is 28.4 Å². The van der Waals surface area contributed by atoms with Crippen LogP contribution >= 0.6 is 0 Å². The van der Waals surface area contributed by atoms with Gasteiger partial charge in [-0.05, 0) is 18.2 Å². The molecule has 28 heavy (non-hydrogen) atoms. The van der Waals surface area contributed by atoms with Crippen molar-refractivity contribution in [2.24, 2.45) is 7.05 Å². The summed E-state index contributed by atoms with van der Waals surface area (Å²) in [4.78, 5) is 31.4. The zero-order valence-corrected chi connectivity index (χ0v) is 15.1. The average Bonchev–Trinajstić information content (AvgIpc) is 3.05. The second-order valence-electron chi connectivity index (χ2n) is 6.17. The van der Waals surface area contributed by atoms with Crippen molar-refractivity contribution in [1.29, 1.82) is 0 Å². The summed E-state index contributed by atoms with van der Waals surface area (Å²) in [5.74, 6) is -0.498. The first-order valence-electron chi connectivity index (χ1n) is 8.43. The third-order valence-corrected chi connectivity index (χ3v) is 4.44. The molecule has 0 bridgehead atoms. The number of nitrogens with one attached hydrogen (secondary N) is 1. The minimum Gasteiger partial charge on any atom is -0.496 e. The van der Waals surface area contributed by atoms with Gasteiger partial charge in [-0.3, -0.25) is 4.79 Å². The Labute approximate surface area is 159 Å². The van der Waals surface area contributed by atoms with Crippen LogP contribution in [0.4, 0.5) is 0 Å². The molecule has 0 spiro atoms. The molecule has 0 aliphatic rings. The molecule has 0 aliphatic heterocycles. The van der Waals surface area contributed by atoms with E-state index in [1.54, 1.807) is 17.8 Å². The number of H-pyrrole nitrogens is 1. The lowest BCUT2D eigenvalue weighted by molar-refractivity contribution is 0.0696. The van der Waals surface area contributed by atoms with E-state index in [0.717, 1.165) is 5.56 Å². The van der Waals surface area contributed by atoms with Crippen molar-refractivity contribution in [2.75, 3.05) is 7.11 Å². The Kier molecular flexibility index (Phi) is 4.15. The number of carboxylic acid groups (broad SMARTS) is 1. The molecule has 2 heterocycles. The molecule has 0 unspecified atom stereocenters. The number of ether oxygens (including phenoxy) is 1. The van der Waals surface area contributed by atoms with Crippen LogP contribution in [0.3, 0.4) is 0 Å². The van der Waals surface area contributed by atoms with E-state index in [4.69, 9.17) is 9.84 Å². The molecule has 0 radical (unpaired) electrons. The van der Waals surface area contributed by atoms with Gasteiger partial charge in [0.2, 0.25) is 0 Å². The fourth-order valence-corrected chi connectivity index (χ4v) is 3.10. The molecule has 8 nitrogen and oxygen atoms in total. The fraction of sp³-hybridized carbons (Fsp3) is 0.100. The quantitative estimate of drug-likeness (QED) is 0.567. The Morgan fingerprint density at radius 2 is 1.93 bits per heavy atom. The van der Waals surface area contributed by atoms with Crippen LogP contribution in [-0.4, -0.2) is 37.9 Å². The number of nitrogens with zero attached hydrogens (tertiary/aromatic N) is 3. The summed E-state index contributed by atoms with van der Waals surface area (Å²) in [6, 6.07) is 13.8. The van der Waals surface area contributed by atoms with Crippen LogP contribution in [0, 0.1) is 0 Å². The molecule has 4 aromatic rings. The maximum atomic E-state index is 12.9. The van der Waals surface area contributed by atoms with Crippen molar-refractivity contribution < 1.29 is 14.6 Å². The number of carboxylic acids is 1. The number of carbonyl (C=O) groups is 1. The molecule has 2 N–H and O–H groups in total. The van der Waals surface area contributed by atoms with Crippen LogP contribution in [0.15, 0.2) is 53.3 Å². The van der Waals surface area contributed by atoms with Gasteiger partial charge < -0.3 is 14.8 Å². The summed E-state index contributed by atoms with van der Waals surface area (Å²) in [6.45, 7) is 0. The number of hydrogen-bond donors (Lipinski definition) is 2. The Morgan fingerprint density at radius 3 is 2.61 bits per heavy atom. The molecule has 0 amide bonds. The molecule has 0 saturated heterocycles. The predicted molar refractivity (Wildman–Crippen MR) is 104 cm³/mol. The Balaban J connectivity index is 1.94. The highest BCUT2D eigenvalue weighted by Gasteiger charge is 2.19. The molecular formula is C20H16N4O4. The number of benzene rings is 2. The van der Waals surface area contributed by atoms with Gasteiger partial charge in [-0.2, -0.15) is 5.10 Å². The average molecular weight is 376 g/mol. The summed E-state index contributed by atoms with van der Waals surface area (Å²) >= 11 is 0. The van der Waals surface area contributed by atoms with Crippen LogP contribution in [0.25, 0.3) is 33.7 Å². The highest BCUT2D eigenvalue weighted by atomic mass is 16.5. The van der Waals surface area contributed by atoms with Crippen molar-refractivity contribution in [1.82, 2.24) is 19.7 Å². The Hall–Kier alpha value is -3.94. The van der Waals surface area contributed by atoms with Crippen LogP contribution < -0.4 is 10.3 Å². The van der Waals surface area contributed by atoms with Gasteiger partial charge in [0.05, 0.1) is 18.2 Å². The van der Waals surface area contributed by atoms with E-state index in [1.807, 2.05) is 30.3 Å². The summed E-state index contributed by atoms with van der Waals surface area (Å²) < 4.78 is 6.85. The molecule has 2 aromatic carbocycles. The molecule has 0 aliphatic carbocycles. The standard InChI is InChI=1S/C20H16N4O4/c1-24-18-15(16(23-24)11-6-4-3-5-7-11)19(25)22-17(21-18)13-9-8-12(20(26)27)10-14(13)28-2/h3-10H,1-2H3,(H,26,27)(H,21,22,25). The summed E-state index contributed by atoms with van der Waals surface area (Å²) in [7, 11) is 3.15. The molecule has 0 atom stereocenters. The number of rotatable bonds is 4. The number of aromatic amines is 1. The van der Waals surface area contributed by atoms with E-state index in [2.05, 4.69) is 15.1 Å². The SMILES string of the molecule is COc1cc(C(=O)O)ccc1-c1nc2c(c(-c3ccccc3)nn2C)c(=O)[nH]1. The zero-order chi connectivity index (χ0) is 19.8. The van der Waals surface area contributed by atoms with Crippen molar-refractivity contribution >= 4 is 17.0 Å². The lowest BCUT2D eigenvalue weighted by Crippen LogP contribution is -2.11. The smallest absolute Gasteiger partial charge is 0.335 e. The van der Waals surface area contributed by atoms with Gasteiger partial charge in [0.25, 0.3) is 5.56 Å². The molecule has 8 heteroatoms. The lowest BCUT2D eigenvalue weighted by atomic mass is 10.1. The Bertz CT molecular complexity index is 1260. The second kappa shape index (κ2) is 6.66. The molecular weight excluding hydrogens is 360 g/mol. The molecule has 0 saturated carbocycles. The molecule has 140 valence electrons. The number of hydrogen-bond acceptors (Lipinski definition) is 5. The van der Waals surface area contributed by atoms with Gasteiger partial charge >= 0.3 is 5.97 Å². The summed E-state index contributed by atoms with van der Waals surface area (Å²) in [5.41, 5.74) is 2.01. The van der Waals surface area contributed by atoms with Crippen LogP contribution in [0.5, 0.6) is 5.75 Å². The maximum Gasteiger partial charge on any atom is 0.335 e. The molecule has 4 rings (SSSR count). The minimum atomic E-state index is -1.07. The second-order valence-corrected chi connectivity index (χ2v) is 6.17. The third kappa shape index (κ3) is 2.81. The maximum absolute atomic E-state index is 12.9. The van der Waals surface area contributed by atoms with E-state index in [9.17, 15) is 9.59 Å². The van der Waals surface area contributed by atoms with E-state index >= 15 is 0 Å². The van der Waals surface area contributed by atoms with Crippen LogP contribution in [0.2, 0.25) is 0 Å². The topological polar surface area (TPSA) is 110 Å².